The molecule has 2 rings (SSSR count). The highest BCUT2D eigenvalue weighted by Crippen LogP contribution is 2.27. The highest BCUT2D eigenvalue weighted by molar-refractivity contribution is 9.10. The van der Waals surface area contributed by atoms with Crippen molar-refractivity contribution in [3.05, 3.63) is 57.8 Å². The summed E-state index contributed by atoms with van der Waals surface area (Å²) in [5, 5.41) is 0. The smallest absolute Gasteiger partial charge is 0.340 e. The van der Waals surface area contributed by atoms with Crippen molar-refractivity contribution >= 4 is 37.6 Å². The predicted molar refractivity (Wildman–Crippen MR) is 87.4 cm³/mol. The largest absolute Gasteiger partial charge is 0.465 e. The van der Waals surface area contributed by atoms with Crippen molar-refractivity contribution in [1.29, 1.82) is 0 Å². The first kappa shape index (κ1) is 17.4. The SMILES string of the molecule is COC(=O)c1cc(Br)cc(NS(=O)(=O)c2ccc(C)cc2)c1F. The van der Waals surface area contributed by atoms with Crippen LogP contribution >= 0.6 is 15.9 Å². The molecule has 0 bridgehead atoms. The van der Waals surface area contributed by atoms with Crippen LogP contribution in [0.25, 0.3) is 0 Å². The van der Waals surface area contributed by atoms with E-state index in [1.165, 1.54) is 24.3 Å². The molecular weight excluding hydrogens is 389 g/mol. The second kappa shape index (κ2) is 6.67. The summed E-state index contributed by atoms with van der Waals surface area (Å²) >= 11 is 3.11. The molecular formula is C15H13BrFNO4S. The van der Waals surface area contributed by atoms with Crippen molar-refractivity contribution in [3.8, 4) is 0 Å². The number of aryl methyl sites for hydroxylation is 1. The number of rotatable bonds is 4. The van der Waals surface area contributed by atoms with Crippen molar-refractivity contribution in [2.75, 3.05) is 11.8 Å². The summed E-state index contributed by atoms with van der Waals surface area (Å²) in [6.07, 6.45) is 0. The topological polar surface area (TPSA) is 72.5 Å². The molecule has 2 aromatic carbocycles. The Morgan fingerprint density at radius 2 is 1.83 bits per heavy atom. The molecule has 0 heterocycles. The van der Waals surface area contributed by atoms with E-state index >= 15 is 0 Å². The number of ether oxygens (including phenoxy) is 1. The van der Waals surface area contributed by atoms with Crippen molar-refractivity contribution in [2.45, 2.75) is 11.8 Å². The van der Waals surface area contributed by atoms with Gasteiger partial charge in [-0.3, -0.25) is 4.72 Å². The van der Waals surface area contributed by atoms with E-state index in [9.17, 15) is 17.6 Å². The maximum absolute atomic E-state index is 14.4. The zero-order valence-corrected chi connectivity index (χ0v) is 14.7. The van der Waals surface area contributed by atoms with Crippen LogP contribution < -0.4 is 4.72 Å². The minimum Gasteiger partial charge on any atom is -0.465 e. The zero-order chi connectivity index (χ0) is 17.2. The Morgan fingerprint density at radius 1 is 1.22 bits per heavy atom. The van der Waals surface area contributed by atoms with Crippen LogP contribution in [0.4, 0.5) is 10.1 Å². The van der Waals surface area contributed by atoms with E-state index in [1.807, 2.05) is 6.92 Å². The van der Waals surface area contributed by atoms with Gasteiger partial charge in [0, 0.05) is 4.47 Å². The summed E-state index contributed by atoms with van der Waals surface area (Å²) in [6.45, 7) is 1.82. The maximum atomic E-state index is 14.4. The summed E-state index contributed by atoms with van der Waals surface area (Å²) in [7, 11) is -2.87. The lowest BCUT2D eigenvalue weighted by Crippen LogP contribution is -2.15. The van der Waals surface area contributed by atoms with Crippen molar-refractivity contribution < 1.29 is 22.3 Å². The molecule has 122 valence electrons. The number of hydrogen-bond donors (Lipinski definition) is 1. The molecule has 1 N–H and O–H groups in total. The van der Waals surface area contributed by atoms with Crippen LogP contribution in [0.1, 0.15) is 15.9 Å². The van der Waals surface area contributed by atoms with Gasteiger partial charge in [0.05, 0.1) is 23.3 Å². The van der Waals surface area contributed by atoms with Gasteiger partial charge in [0.15, 0.2) is 5.82 Å². The first-order valence-corrected chi connectivity index (χ1v) is 8.69. The fourth-order valence-electron chi connectivity index (χ4n) is 1.84. The number of benzene rings is 2. The molecule has 0 saturated carbocycles. The number of anilines is 1. The molecule has 0 fully saturated rings. The summed E-state index contributed by atoms with van der Waals surface area (Å²) in [6, 6.07) is 8.53. The second-order valence-electron chi connectivity index (χ2n) is 4.73. The van der Waals surface area contributed by atoms with Gasteiger partial charge < -0.3 is 4.74 Å². The lowest BCUT2D eigenvalue weighted by Gasteiger charge is -2.12. The van der Waals surface area contributed by atoms with E-state index in [0.29, 0.717) is 4.47 Å². The molecule has 0 aliphatic heterocycles. The third-order valence-corrected chi connectivity index (χ3v) is 4.86. The third-order valence-electron chi connectivity index (χ3n) is 3.02. The Kier molecular flexibility index (Phi) is 5.06. The third kappa shape index (κ3) is 3.89. The van der Waals surface area contributed by atoms with Crippen molar-refractivity contribution in [3.63, 3.8) is 0 Å². The Labute approximate surface area is 141 Å². The summed E-state index contributed by atoms with van der Waals surface area (Å²) < 4.78 is 45.9. The monoisotopic (exact) mass is 401 g/mol. The molecule has 0 aliphatic rings. The Hall–Kier alpha value is -1.93. The average molecular weight is 402 g/mol. The van der Waals surface area contributed by atoms with Crippen LogP contribution in [-0.4, -0.2) is 21.5 Å². The van der Waals surface area contributed by atoms with Crippen LogP contribution in [0.5, 0.6) is 0 Å². The lowest BCUT2D eigenvalue weighted by atomic mass is 10.2. The lowest BCUT2D eigenvalue weighted by molar-refractivity contribution is 0.0595. The van der Waals surface area contributed by atoms with Gasteiger partial charge in [0.2, 0.25) is 0 Å². The zero-order valence-electron chi connectivity index (χ0n) is 12.3. The molecule has 0 radical (unpaired) electrons. The van der Waals surface area contributed by atoms with Crippen molar-refractivity contribution in [2.24, 2.45) is 0 Å². The fourth-order valence-corrected chi connectivity index (χ4v) is 3.35. The molecule has 0 aliphatic carbocycles. The van der Waals surface area contributed by atoms with Crippen LogP contribution in [0, 0.1) is 12.7 Å². The highest BCUT2D eigenvalue weighted by atomic mass is 79.9. The number of sulfonamides is 1. The molecule has 0 saturated heterocycles. The normalized spacial score (nSPS) is 11.1. The van der Waals surface area contributed by atoms with Gasteiger partial charge in [-0.15, -0.1) is 0 Å². The standard InChI is InChI=1S/C15H13BrFNO4S/c1-9-3-5-11(6-4-9)23(20,21)18-13-8-10(16)7-12(14(13)17)15(19)22-2/h3-8,18H,1-2H3. The summed E-state index contributed by atoms with van der Waals surface area (Å²) in [5.74, 6) is -1.91. The van der Waals surface area contributed by atoms with Gasteiger partial charge >= 0.3 is 5.97 Å². The van der Waals surface area contributed by atoms with E-state index in [0.717, 1.165) is 12.7 Å². The first-order chi connectivity index (χ1) is 10.7. The Morgan fingerprint density at radius 3 is 2.39 bits per heavy atom. The van der Waals surface area contributed by atoms with Gasteiger partial charge in [0.1, 0.15) is 0 Å². The van der Waals surface area contributed by atoms with E-state index in [2.05, 4.69) is 25.4 Å². The minimum absolute atomic E-state index is 0.0120. The summed E-state index contributed by atoms with van der Waals surface area (Å²) in [5.41, 5.74) is 0.175. The molecule has 0 spiro atoms. The van der Waals surface area contributed by atoms with Crippen LogP contribution in [0.3, 0.4) is 0 Å². The number of carbonyl (C=O) groups is 1. The summed E-state index contributed by atoms with van der Waals surface area (Å²) in [4.78, 5) is 11.5. The molecule has 0 amide bonds. The maximum Gasteiger partial charge on any atom is 0.340 e. The number of carbonyl (C=O) groups excluding carboxylic acids is 1. The number of esters is 1. The number of nitrogens with one attached hydrogen (secondary N) is 1. The minimum atomic E-state index is -3.98. The molecule has 8 heteroatoms. The van der Waals surface area contributed by atoms with Gasteiger partial charge in [0.25, 0.3) is 10.0 Å². The van der Waals surface area contributed by atoms with Gasteiger partial charge in [-0.2, -0.15) is 0 Å². The molecule has 0 aromatic heterocycles. The van der Waals surface area contributed by atoms with E-state index in [4.69, 9.17) is 0 Å². The van der Waals surface area contributed by atoms with Crippen LogP contribution in [-0.2, 0) is 14.8 Å². The van der Waals surface area contributed by atoms with E-state index in [-0.39, 0.29) is 16.1 Å². The predicted octanol–water partition coefficient (Wildman–Crippen LogP) is 3.48. The second-order valence-corrected chi connectivity index (χ2v) is 7.32. The van der Waals surface area contributed by atoms with E-state index < -0.39 is 21.8 Å². The first-order valence-electron chi connectivity index (χ1n) is 6.41. The fraction of sp³-hybridized carbons (Fsp3) is 0.133. The Balaban J connectivity index is 2.45. The molecule has 23 heavy (non-hydrogen) atoms. The van der Waals surface area contributed by atoms with Gasteiger partial charge in [-0.25, -0.2) is 17.6 Å². The molecule has 0 unspecified atom stereocenters. The van der Waals surface area contributed by atoms with Crippen LogP contribution in [0.2, 0.25) is 0 Å². The van der Waals surface area contributed by atoms with Gasteiger partial charge in [-0.1, -0.05) is 33.6 Å². The van der Waals surface area contributed by atoms with E-state index in [1.54, 1.807) is 12.1 Å². The Bertz CT molecular complexity index is 851. The number of halogens is 2. The highest BCUT2D eigenvalue weighted by Gasteiger charge is 2.21. The van der Waals surface area contributed by atoms with Gasteiger partial charge in [-0.05, 0) is 31.2 Å². The quantitative estimate of drug-likeness (QED) is 0.795. The van der Waals surface area contributed by atoms with Crippen molar-refractivity contribution in [1.82, 2.24) is 0 Å². The number of hydrogen-bond acceptors (Lipinski definition) is 4. The average Bonchev–Trinajstić information content (AvgIpc) is 2.50. The van der Waals surface area contributed by atoms with Crippen LogP contribution in [0.15, 0.2) is 45.8 Å². The molecule has 0 atom stereocenters. The number of methoxy groups -OCH3 is 1. The molecule has 2 aromatic rings. The molecule has 5 nitrogen and oxygen atoms in total.